The summed E-state index contributed by atoms with van der Waals surface area (Å²) in [5, 5.41) is 16.5. The molecule has 0 aliphatic rings. The fourth-order valence-electron chi connectivity index (χ4n) is 2.67. The molecule has 8 heteroatoms. The molecule has 0 heterocycles. The van der Waals surface area contributed by atoms with Gasteiger partial charge in [-0.2, -0.15) is 0 Å². The van der Waals surface area contributed by atoms with Crippen LogP contribution in [0, 0.1) is 0 Å². The van der Waals surface area contributed by atoms with Crippen LogP contribution in [0.4, 0.5) is 0 Å². The molecule has 0 radical (unpaired) electrons. The molecule has 0 saturated heterocycles. The van der Waals surface area contributed by atoms with Gasteiger partial charge in [0.2, 0.25) is 0 Å². The van der Waals surface area contributed by atoms with Crippen LogP contribution in [0.5, 0.6) is 0 Å². The first-order valence-corrected chi connectivity index (χ1v) is 19.2. The standard InChI is InChI=1S/2C8H16O2.C6H12O2.2Hg/c2*1-2-3-4-5-6-7-8(9)10;1-5(7-3)6(2)8-4;;/h2*2-7H2,1H3,(H,9,10);5-6H,1-2H2,3-4H3;;. The second-order valence-corrected chi connectivity index (χ2v) is 11.7. The van der Waals surface area contributed by atoms with Crippen LogP contribution in [0.15, 0.2) is 0 Å². The monoisotopic (exact) mass is 808 g/mol. The molecule has 6 nitrogen and oxygen atoms in total. The van der Waals surface area contributed by atoms with Crippen molar-refractivity contribution in [3.05, 3.63) is 0 Å². The third-order valence-electron chi connectivity index (χ3n) is 4.58. The van der Waals surface area contributed by atoms with E-state index in [-0.39, 0.29) is 0 Å². The van der Waals surface area contributed by atoms with Crippen LogP contribution in [0.3, 0.4) is 0 Å². The van der Waals surface area contributed by atoms with Crippen molar-refractivity contribution in [3.63, 3.8) is 0 Å². The minimum atomic E-state index is -0.670. The Bertz CT molecular complexity index is 328. The van der Waals surface area contributed by atoms with E-state index in [2.05, 4.69) is 13.8 Å². The molecule has 0 bridgehead atoms. The summed E-state index contributed by atoms with van der Waals surface area (Å²) in [5.41, 5.74) is 0. The van der Waals surface area contributed by atoms with Crippen molar-refractivity contribution in [2.45, 2.75) is 111 Å². The molecular weight excluding hydrogens is 761 g/mol. The summed E-state index contributed by atoms with van der Waals surface area (Å²) in [6, 6.07) is 0. The van der Waals surface area contributed by atoms with Crippen LogP contribution >= 0.6 is 0 Å². The van der Waals surface area contributed by atoms with Crippen molar-refractivity contribution in [1.29, 1.82) is 0 Å². The predicted octanol–water partition coefficient (Wildman–Crippen LogP) is 5.81. The minimum absolute atomic E-state index is 0.337. The van der Waals surface area contributed by atoms with Gasteiger partial charge in [-0.3, -0.25) is 9.59 Å². The second-order valence-electron chi connectivity index (χ2n) is 7.24. The van der Waals surface area contributed by atoms with E-state index in [9.17, 15) is 9.59 Å². The van der Waals surface area contributed by atoms with Gasteiger partial charge in [0.25, 0.3) is 0 Å². The molecule has 0 rings (SSSR count). The van der Waals surface area contributed by atoms with Gasteiger partial charge in [-0.25, -0.2) is 0 Å². The second kappa shape index (κ2) is 29.7. The molecule has 0 fully saturated rings. The SMILES string of the molecule is CCCCCCCC(=O)O.CCCCCCCC(=O)O.COC([CH2][Hg])C([CH2][Hg])OC. The fraction of sp³-hybridized carbons (Fsp3) is 0.909. The average molecular weight is 806 g/mol. The Kier molecular flexibility index (Phi) is 35.0. The summed E-state index contributed by atoms with van der Waals surface area (Å²) in [6.07, 6.45) is 12.6. The van der Waals surface area contributed by atoms with E-state index in [1.807, 2.05) is 0 Å². The number of ether oxygens (including phenoxy) is 2. The molecule has 0 saturated carbocycles. The van der Waals surface area contributed by atoms with E-state index in [0.717, 1.165) is 77.9 Å². The molecule has 0 aromatic rings. The Labute approximate surface area is 217 Å². The summed E-state index contributed by atoms with van der Waals surface area (Å²) in [6.45, 7) is 4.30. The number of carboxylic acids is 2. The van der Waals surface area contributed by atoms with Crippen LogP contribution in [0.2, 0.25) is 7.86 Å². The molecule has 2 unspecified atom stereocenters. The zero-order valence-electron chi connectivity index (χ0n) is 20.0. The molecule has 30 heavy (non-hydrogen) atoms. The summed E-state index contributed by atoms with van der Waals surface area (Å²) in [7, 11) is 3.57. The maximum atomic E-state index is 10.0. The van der Waals surface area contributed by atoms with Crippen LogP contribution in [0.25, 0.3) is 0 Å². The van der Waals surface area contributed by atoms with Gasteiger partial charge in [-0.05, 0) is 12.8 Å². The van der Waals surface area contributed by atoms with Crippen LogP contribution < -0.4 is 0 Å². The summed E-state index contributed by atoms with van der Waals surface area (Å²) < 4.78 is 13.1. The van der Waals surface area contributed by atoms with Gasteiger partial charge in [0.1, 0.15) is 0 Å². The van der Waals surface area contributed by atoms with Gasteiger partial charge in [-0.1, -0.05) is 65.2 Å². The van der Waals surface area contributed by atoms with E-state index in [1.165, 1.54) is 46.4 Å². The summed E-state index contributed by atoms with van der Waals surface area (Å²) in [5.74, 6) is -1.34. The van der Waals surface area contributed by atoms with Crippen molar-refractivity contribution in [3.8, 4) is 0 Å². The Balaban J connectivity index is -0.000000364. The zero-order chi connectivity index (χ0) is 23.6. The third kappa shape index (κ3) is 30.9. The van der Waals surface area contributed by atoms with Gasteiger partial charge < -0.3 is 10.2 Å². The van der Waals surface area contributed by atoms with Gasteiger partial charge in [0, 0.05) is 12.8 Å². The number of hydrogen-bond donors (Lipinski definition) is 2. The van der Waals surface area contributed by atoms with Crippen LogP contribution in [0.1, 0.15) is 90.9 Å². The molecule has 0 aliphatic carbocycles. The molecule has 0 aliphatic heterocycles. The van der Waals surface area contributed by atoms with E-state index < -0.39 is 11.9 Å². The quantitative estimate of drug-likeness (QED) is 0.143. The molecule has 2 N–H and O–H groups in total. The van der Waals surface area contributed by atoms with E-state index in [0.29, 0.717) is 25.0 Å². The topological polar surface area (TPSA) is 93.1 Å². The number of carbonyl (C=O) groups is 2. The normalized spacial score (nSPS) is 12.1. The van der Waals surface area contributed by atoms with Gasteiger partial charge in [0.15, 0.2) is 0 Å². The van der Waals surface area contributed by atoms with E-state index in [4.69, 9.17) is 19.7 Å². The molecule has 2 atom stereocenters. The third-order valence-corrected chi connectivity index (χ3v) is 9.00. The first-order chi connectivity index (χ1) is 14.3. The van der Waals surface area contributed by atoms with Gasteiger partial charge in [-0.15, -0.1) is 0 Å². The van der Waals surface area contributed by atoms with Gasteiger partial charge >= 0.3 is 108 Å². The van der Waals surface area contributed by atoms with Crippen molar-refractivity contribution in [2.75, 3.05) is 14.2 Å². The summed E-state index contributed by atoms with van der Waals surface area (Å²) in [4.78, 5) is 20.1. The van der Waals surface area contributed by atoms with Crippen molar-refractivity contribution in [1.82, 2.24) is 0 Å². The Morgan fingerprint density at radius 2 is 0.967 bits per heavy atom. The molecule has 0 aromatic carbocycles. The van der Waals surface area contributed by atoms with E-state index >= 15 is 0 Å². The van der Waals surface area contributed by atoms with E-state index in [1.54, 1.807) is 14.2 Å². The fourth-order valence-corrected chi connectivity index (χ4v) is 7.39. The average Bonchev–Trinajstić information content (AvgIpc) is 2.72. The number of rotatable bonds is 17. The van der Waals surface area contributed by atoms with Crippen LogP contribution in [-0.2, 0) is 71.3 Å². The van der Waals surface area contributed by atoms with Crippen molar-refractivity contribution < 1.29 is 81.5 Å². The first kappa shape index (κ1) is 35.3. The van der Waals surface area contributed by atoms with Gasteiger partial charge in [0.05, 0.1) is 0 Å². The van der Waals surface area contributed by atoms with Crippen molar-refractivity contribution in [2.24, 2.45) is 0 Å². The number of aliphatic carboxylic acids is 2. The summed E-state index contributed by atoms with van der Waals surface area (Å²) >= 11 is 1.67. The predicted molar refractivity (Wildman–Crippen MR) is 113 cm³/mol. The number of carboxylic acid groups (broad SMARTS) is 2. The molecular formula is C22H44Hg2O6. The molecule has 172 valence electrons. The number of hydrogen-bond acceptors (Lipinski definition) is 4. The Hall–Kier alpha value is 0.730. The van der Waals surface area contributed by atoms with Crippen LogP contribution in [-0.4, -0.2) is 48.6 Å². The maximum absolute atomic E-state index is 10.0. The number of methoxy groups -OCH3 is 2. The molecule has 0 amide bonds. The number of unbranched alkanes of at least 4 members (excludes halogenated alkanes) is 8. The molecule has 0 aromatic heterocycles. The first-order valence-electron chi connectivity index (χ1n) is 11.4. The zero-order valence-corrected chi connectivity index (χ0v) is 31.0. The molecule has 0 spiro atoms. The Morgan fingerprint density at radius 3 is 1.17 bits per heavy atom. The van der Waals surface area contributed by atoms with Crippen molar-refractivity contribution >= 4 is 11.9 Å². The Morgan fingerprint density at radius 1 is 0.667 bits per heavy atom.